The molecule has 318 valence electrons. The summed E-state index contributed by atoms with van der Waals surface area (Å²) in [6, 6.07) is 16.0. The van der Waals surface area contributed by atoms with E-state index in [9.17, 15) is 33.2 Å². The van der Waals surface area contributed by atoms with Crippen molar-refractivity contribution in [3.63, 3.8) is 0 Å². The molecule has 0 aliphatic heterocycles. The standard InChI is InChI=1S/C26H30N4O5S.C20H26N2O2/c1-17-12-18(2)23(19(3)13-17)16-29-24(14-20(27-29)10-11-26(4,5)6)25(31)28-36(34,35)22-9-7-8-21(15-22)30(32)33;1-13-9-14(2)17(15(3)10-13)12-22-18(19(23)24)11-16(21-22)7-8-20(4,5)6/h7-15H,16H2,1-6H3,(H,28,31);7-11H,12H2,1-6H3,(H,23,24)/b11-10+;8-7+. The number of hydrogen-bond donors (Lipinski definition) is 2. The summed E-state index contributed by atoms with van der Waals surface area (Å²) in [6.07, 6.45) is 7.66. The molecule has 0 fully saturated rings. The number of nitro benzene ring substituents is 1. The summed E-state index contributed by atoms with van der Waals surface area (Å²) < 4.78 is 30.8. The van der Waals surface area contributed by atoms with Gasteiger partial charge in [-0.05, 0) is 116 Å². The largest absolute Gasteiger partial charge is 0.477 e. The Morgan fingerprint density at radius 3 is 1.53 bits per heavy atom. The van der Waals surface area contributed by atoms with Crippen LogP contribution in [0.5, 0.6) is 0 Å². The van der Waals surface area contributed by atoms with Crippen molar-refractivity contribution in [2.45, 2.75) is 101 Å². The van der Waals surface area contributed by atoms with Gasteiger partial charge in [-0.15, -0.1) is 0 Å². The molecule has 60 heavy (non-hydrogen) atoms. The van der Waals surface area contributed by atoms with Crippen LogP contribution in [0.4, 0.5) is 5.69 Å². The van der Waals surface area contributed by atoms with Gasteiger partial charge in [-0.2, -0.15) is 10.2 Å². The predicted octanol–water partition coefficient (Wildman–Crippen LogP) is 9.56. The topological polar surface area (TPSA) is 179 Å². The van der Waals surface area contributed by atoms with Gasteiger partial charge >= 0.3 is 5.97 Å². The number of carbonyl (C=O) groups excluding carboxylic acids is 1. The average Bonchev–Trinajstić information content (AvgIpc) is 3.73. The molecule has 2 aromatic heterocycles. The van der Waals surface area contributed by atoms with Crippen LogP contribution in [0.15, 0.2) is 77.7 Å². The van der Waals surface area contributed by atoms with Crippen molar-refractivity contribution in [2.75, 3.05) is 0 Å². The number of nitro groups is 1. The zero-order valence-electron chi connectivity index (χ0n) is 36.5. The number of carboxylic acids is 1. The van der Waals surface area contributed by atoms with Crippen LogP contribution in [0, 0.1) is 62.5 Å². The van der Waals surface area contributed by atoms with Crippen LogP contribution >= 0.6 is 0 Å². The van der Waals surface area contributed by atoms with Gasteiger partial charge in [-0.25, -0.2) is 17.9 Å². The summed E-state index contributed by atoms with van der Waals surface area (Å²) in [6.45, 7) is 25.2. The highest BCUT2D eigenvalue weighted by Gasteiger charge is 2.25. The molecule has 0 spiro atoms. The lowest BCUT2D eigenvalue weighted by Crippen LogP contribution is -2.32. The van der Waals surface area contributed by atoms with Gasteiger partial charge in [0.05, 0.1) is 34.3 Å². The van der Waals surface area contributed by atoms with Gasteiger partial charge in [-0.1, -0.05) is 95.2 Å². The number of benzene rings is 3. The Balaban J connectivity index is 0.000000287. The van der Waals surface area contributed by atoms with Crippen LogP contribution in [0.25, 0.3) is 12.2 Å². The van der Waals surface area contributed by atoms with Gasteiger partial charge in [-0.3, -0.25) is 24.3 Å². The summed E-state index contributed by atoms with van der Waals surface area (Å²) in [4.78, 5) is 34.7. The predicted molar refractivity (Wildman–Crippen MR) is 236 cm³/mol. The fourth-order valence-electron chi connectivity index (χ4n) is 6.52. The Hall–Kier alpha value is -6.15. The van der Waals surface area contributed by atoms with Crippen molar-refractivity contribution < 1.29 is 28.0 Å². The molecular formula is C46H56N6O7S. The summed E-state index contributed by atoms with van der Waals surface area (Å²) in [5.74, 6) is -1.84. The number of rotatable bonds is 11. The molecule has 2 N–H and O–H groups in total. The number of aromatic nitrogens is 4. The lowest BCUT2D eigenvalue weighted by Gasteiger charge is -2.14. The Labute approximate surface area is 353 Å². The SMILES string of the molecule is Cc1cc(C)c(Cn2nc(/C=C/C(C)(C)C)cc2C(=O)NS(=O)(=O)c2cccc([N+](=O)[O-])c2)c(C)c1.Cc1cc(C)c(Cn2nc(/C=C/C(C)(C)C)cc2C(=O)O)c(C)c1. The molecule has 0 saturated carbocycles. The van der Waals surface area contributed by atoms with E-state index in [-0.39, 0.29) is 33.7 Å². The minimum absolute atomic E-state index is 0.0251. The maximum atomic E-state index is 13.2. The van der Waals surface area contributed by atoms with E-state index in [0.717, 1.165) is 45.0 Å². The number of nitrogens with one attached hydrogen (secondary N) is 1. The number of carbonyl (C=O) groups is 2. The molecule has 0 aliphatic carbocycles. The zero-order chi connectivity index (χ0) is 44.9. The number of allylic oxidation sites excluding steroid dienone is 2. The fraction of sp³-hybridized carbons (Fsp3) is 0.348. The van der Waals surface area contributed by atoms with E-state index in [4.69, 9.17) is 0 Å². The van der Waals surface area contributed by atoms with Gasteiger partial charge in [0.2, 0.25) is 0 Å². The summed E-state index contributed by atoms with van der Waals surface area (Å²) >= 11 is 0. The first kappa shape index (κ1) is 46.5. The number of sulfonamides is 1. The van der Waals surface area contributed by atoms with Crippen LogP contribution < -0.4 is 4.72 Å². The lowest BCUT2D eigenvalue weighted by molar-refractivity contribution is -0.385. The van der Waals surface area contributed by atoms with E-state index in [1.54, 1.807) is 16.8 Å². The lowest BCUT2D eigenvalue weighted by atomic mass is 9.96. The number of hydrogen-bond acceptors (Lipinski definition) is 8. The van der Waals surface area contributed by atoms with Crippen molar-refractivity contribution in [2.24, 2.45) is 10.8 Å². The maximum Gasteiger partial charge on any atom is 0.354 e. The zero-order valence-corrected chi connectivity index (χ0v) is 37.4. The molecule has 14 heteroatoms. The third-order valence-corrected chi connectivity index (χ3v) is 10.7. The maximum absolute atomic E-state index is 13.2. The van der Waals surface area contributed by atoms with Crippen LogP contribution in [0.2, 0.25) is 0 Å². The second-order valence-corrected chi connectivity index (χ2v) is 19.1. The highest BCUT2D eigenvalue weighted by atomic mass is 32.2. The Kier molecular flexibility index (Phi) is 14.3. The quantitative estimate of drug-likeness (QED) is 0.0968. The smallest absolute Gasteiger partial charge is 0.354 e. The van der Waals surface area contributed by atoms with Crippen LogP contribution in [-0.4, -0.2) is 49.9 Å². The molecule has 13 nitrogen and oxygen atoms in total. The third kappa shape index (κ3) is 12.7. The van der Waals surface area contributed by atoms with Gasteiger partial charge in [0.15, 0.2) is 0 Å². The molecule has 2 heterocycles. The molecule has 0 unspecified atom stereocenters. The van der Waals surface area contributed by atoms with Gasteiger partial charge in [0, 0.05) is 12.1 Å². The van der Waals surface area contributed by atoms with Gasteiger partial charge in [0.1, 0.15) is 11.4 Å². The van der Waals surface area contributed by atoms with Crippen molar-refractivity contribution >= 4 is 39.7 Å². The highest BCUT2D eigenvalue weighted by molar-refractivity contribution is 7.90. The highest BCUT2D eigenvalue weighted by Crippen LogP contribution is 2.24. The van der Waals surface area contributed by atoms with Crippen molar-refractivity contribution in [3.05, 3.63) is 150 Å². The van der Waals surface area contributed by atoms with Crippen molar-refractivity contribution in [3.8, 4) is 0 Å². The van der Waals surface area contributed by atoms with Crippen LogP contribution in [0.1, 0.15) is 118 Å². The number of aromatic carboxylic acids is 1. The Morgan fingerprint density at radius 1 is 0.717 bits per heavy atom. The first-order chi connectivity index (χ1) is 27.7. The molecule has 0 radical (unpaired) electrons. The second kappa shape index (κ2) is 18.4. The number of amides is 1. The first-order valence-corrected chi connectivity index (χ1v) is 20.9. The average molecular weight is 837 g/mol. The fourth-order valence-corrected chi connectivity index (χ4v) is 7.52. The molecular weight excluding hydrogens is 781 g/mol. The van der Waals surface area contributed by atoms with E-state index in [1.807, 2.05) is 76.6 Å². The monoisotopic (exact) mass is 836 g/mol. The number of aryl methyl sites for hydroxylation is 6. The van der Waals surface area contributed by atoms with E-state index >= 15 is 0 Å². The summed E-state index contributed by atoms with van der Waals surface area (Å²) in [5.41, 5.74) is 9.76. The third-order valence-electron chi connectivity index (χ3n) is 9.42. The van der Waals surface area contributed by atoms with Gasteiger partial charge < -0.3 is 5.11 Å². The molecule has 0 aliphatic rings. The molecule has 1 amide bonds. The summed E-state index contributed by atoms with van der Waals surface area (Å²) in [5, 5.41) is 29.6. The van der Waals surface area contributed by atoms with E-state index < -0.39 is 32.5 Å². The minimum atomic E-state index is -4.36. The molecule has 0 bridgehead atoms. The van der Waals surface area contributed by atoms with Gasteiger partial charge in [0.25, 0.3) is 21.6 Å². The molecule has 0 atom stereocenters. The normalized spacial score (nSPS) is 12.1. The van der Waals surface area contributed by atoms with E-state index in [0.29, 0.717) is 17.9 Å². The number of carboxylic acid groups (broad SMARTS) is 1. The molecule has 0 saturated heterocycles. The Bertz CT molecular complexity index is 2550. The second-order valence-electron chi connectivity index (χ2n) is 17.4. The first-order valence-electron chi connectivity index (χ1n) is 19.5. The van der Waals surface area contributed by atoms with E-state index in [2.05, 4.69) is 63.9 Å². The minimum Gasteiger partial charge on any atom is -0.477 e. The van der Waals surface area contributed by atoms with Crippen molar-refractivity contribution in [1.82, 2.24) is 24.3 Å². The number of non-ortho nitro benzene ring substituents is 1. The number of nitrogens with zero attached hydrogens (tertiary/aromatic N) is 5. The van der Waals surface area contributed by atoms with Crippen LogP contribution in [0.3, 0.4) is 0 Å². The molecule has 3 aromatic carbocycles. The molecule has 5 rings (SSSR count). The van der Waals surface area contributed by atoms with E-state index in [1.165, 1.54) is 34.5 Å². The van der Waals surface area contributed by atoms with Crippen molar-refractivity contribution in [1.29, 1.82) is 0 Å². The molecule has 5 aromatic rings. The van der Waals surface area contributed by atoms with Crippen LogP contribution in [-0.2, 0) is 23.1 Å². The Morgan fingerprint density at radius 2 is 1.13 bits per heavy atom. The summed E-state index contributed by atoms with van der Waals surface area (Å²) in [7, 11) is -4.36.